The van der Waals surface area contributed by atoms with Gasteiger partial charge in [0.25, 0.3) is 0 Å². The fourth-order valence-electron chi connectivity index (χ4n) is 2.83. The quantitative estimate of drug-likeness (QED) is 0.857. The number of fused-ring (bicyclic) bond motifs is 1. The van der Waals surface area contributed by atoms with Crippen LogP contribution in [-0.4, -0.2) is 42.9 Å². The van der Waals surface area contributed by atoms with Crippen LogP contribution in [-0.2, 0) is 9.84 Å². The smallest absolute Gasteiger partial charge is 0.164 e. The van der Waals surface area contributed by atoms with Gasteiger partial charge in [-0.05, 0) is 31.0 Å². The van der Waals surface area contributed by atoms with Crippen molar-refractivity contribution in [3.8, 4) is 0 Å². The predicted octanol–water partition coefficient (Wildman–Crippen LogP) is 2.48. The summed E-state index contributed by atoms with van der Waals surface area (Å²) < 4.78 is 23.3. The summed E-state index contributed by atoms with van der Waals surface area (Å²) >= 11 is 1.63. The molecular weight excluding hydrogens is 304 g/mol. The highest BCUT2D eigenvalue weighted by Gasteiger charge is 2.43. The van der Waals surface area contributed by atoms with Crippen molar-refractivity contribution in [2.45, 2.75) is 31.6 Å². The molecule has 3 rings (SSSR count). The molecule has 0 aromatic heterocycles. The standard InChI is InChI=1S/C15H20N2O2S2/c1-3-7-17(12-6-4-5-11(2)8-12)15-16-13-9-21(18,19)10-14(13)20-15/h4-6,8,13-14H,3,7,9-10H2,1-2H3/t13-,14+/m1/s1. The van der Waals surface area contributed by atoms with Gasteiger partial charge in [0.15, 0.2) is 15.0 Å². The number of hydrogen-bond acceptors (Lipinski definition) is 5. The van der Waals surface area contributed by atoms with Crippen LogP contribution in [0.15, 0.2) is 29.3 Å². The number of benzene rings is 1. The molecule has 0 radical (unpaired) electrons. The van der Waals surface area contributed by atoms with Crippen molar-refractivity contribution in [1.82, 2.24) is 0 Å². The van der Waals surface area contributed by atoms with Crippen molar-refractivity contribution >= 4 is 32.5 Å². The molecule has 0 amide bonds. The van der Waals surface area contributed by atoms with E-state index < -0.39 is 9.84 Å². The van der Waals surface area contributed by atoms with Gasteiger partial charge in [-0.25, -0.2) is 8.42 Å². The Labute approximate surface area is 130 Å². The number of anilines is 1. The second-order valence-electron chi connectivity index (χ2n) is 5.70. The third-order valence-electron chi connectivity index (χ3n) is 3.80. The molecule has 2 atom stereocenters. The largest absolute Gasteiger partial charge is 0.321 e. The molecular formula is C15H20N2O2S2. The van der Waals surface area contributed by atoms with E-state index >= 15 is 0 Å². The first-order valence-electron chi connectivity index (χ1n) is 7.27. The summed E-state index contributed by atoms with van der Waals surface area (Å²) in [6.07, 6.45) is 1.03. The second kappa shape index (κ2) is 5.65. The average molecular weight is 324 g/mol. The van der Waals surface area contributed by atoms with E-state index in [9.17, 15) is 8.42 Å². The number of aliphatic imine (C=N–C) groups is 1. The number of nitrogens with zero attached hydrogens (tertiary/aromatic N) is 2. The van der Waals surface area contributed by atoms with Crippen LogP contribution in [0, 0.1) is 6.92 Å². The van der Waals surface area contributed by atoms with Crippen molar-refractivity contribution in [2.24, 2.45) is 4.99 Å². The summed E-state index contributed by atoms with van der Waals surface area (Å²) in [4.78, 5) is 6.92. The Morgan fingerprint density at radius 2 is 2.19 bits per heavy atom. The molecule has 2 aliphatic rings. The lowest BCUT2D eigenvalue weighted by Crippen LogP contribution is -2.29. The van der Waals surface area contributed by atoms with Gasteiger partial charge in [-0.3, -0.25) is 4.99 Å². The summed E-state index contributed by atoms with van der Waals surface area (Å²) in [5.74, 6) is 0.477. The van der Waals surface area contributed by atoms with Crippen molar-refractivity contribution in [3.05, 3.63) is 29.8 Å². The Bertz CT molecular complexity index is 670. The van der Waals surface area contributed by atoms with Crippen LogP contribution in [0.4, 0.5) is 5.69 Å². The molecule has 6 heteroatoms. The van der Waals surface area contributed by atoms with Gasteiger partial charge in [-0.1, -0.05) is 30.8 Å². The molecule has 0 aliphatic carbocycles. The summed E-state index contributed by atoms with van der Waals surface area (Å²) in [5.41, 5.74) is 2.37. The average Bonchev–Trinajstić information content (AvgIpc) is 2.89. The van der Waals surface area contributed by atoms with E-state index in [1.807, 2.05) is 0 Å². The number of hydrogen-bond donors (Lipinski definition) is 0. The molecule has 2 aliphatic heterocycles. The van der Waals surface area contributed by atoms with Crippen molar-refractivity contribution in [3.63, 3.8) is 0 Å². The third kappa shape index (κ3) is 3.11. The number of rotatable bonds is 3. The van der Waals surface area contributed by atoms with E-state index in [2.05, 4.69) is 43.0 Å². The van der Waals surface area contributed by atoms with Crippen molar-refractivity contribution < 1.29 is 8.42 Å². The summed E-state index contributed by atoms with van der Waals surface area (Å²) in [6, 6.07) is 8.33. The van der Waals surface area contributed by atoms with Crippen LogP contribution in [0.2, 0.25) is 0 Å². The lowest BCUT2D eigenvalue weighted by molar-refractivity contribution is 0.601. The molecule has 2 heterocycles. The van der Waals surface area contributed by atoms with E-state index in [1.165, 1.54) is 5.56 Å². The molecule has 4 nitrogen and oxygen atoms in total. The highest BCUT2D eigenvalue weighted by atomic mass is 32.2. The van der Waals surface area contributed by atoms with E-state index in [1.54, 1.807) is 11.8 Å². The maximum atomic E-state index is 11.7. The molecule has 0 saturated carbocycles. The predicted molar refractivity (Wildman–Crippen MR) is 90.1 cm³/mol. The van der Waals surface area contributed by atoms with E-state index in [0.29, 0.717) is 0 Å². The minimum atomic E-state index is -2.88. The van der Waals surface area contributed by atoms with Crippen molar-refractivity contribution in [1.29, 1.82) is 0 Å². The Balaban J connectivity index is 1.86. The van der Waals surface area contributed by atoms with Crippen LogP contribution < -0.4 is 4.90 Å². The third-order valence-corrected chi connectivity index (χ3v) is 7.04. The number of thioether (sulfide) groups is 1. The monoisotopic (exact) mass is 324 g/mol. The van der Waals surface area contributed by atoms with Gasteiger partial charge in [-0.2, -0.15) is 0 Å². The zero-order valence-electron chi connectivity index (χ0n) is 12.3. The van der Waals surface area contributed by atoms with Gasteiger partial charge < -0.3 is 4.90 Å². The fourth-order valence-corrected chi connectivity index (χ4v) is 6.63. The van der Waals surface area contributed by atoms with Crippen LogP contribution in [0.1, 0.15) is 18.9 Å². The molecule has 21 heavy (non-hydrogen) atoms. The highest BCUT2D eigenvalue weighted by molar-refractivity contribution is 8.15. The normalized spacial score (nSPS) is 26.5. The number of amidine groups is 1. The van der Waals surface area contributed by atoms with Gasteiger partial charge in [0, 0.05) is 17.5 Å². The molecule has 114 valence electrons. The first-order chi connectivity index (χ1) is 9.98. The molecule has 0 unspecified atom stereocenters. The Morgan fingerprint density at radius 3 is 2.86 bits per heavy atom. The Kier molecular flexibility index (Phi) is 4.01. The van der Waals surface area contributed by atoms with Gasteiger partial charge in [0.2, 0.25) is 0 Å². The highest BCUT2D eigenvalue weighted by Crippen LogP contribution is 2.36. The summed E-state index contributed by atoms with van der Waals surface area (Å²) in [5, 5.41) is 1.08. The van der Waals surface area contributed by atoms with E-state index in [-0.39, 0.29) is 22.8 Å². The maximum absolute atomic E-state index is 11.7. The Morgan fingerprint density at radius 1 is 1.38 bits per heavy atom. The fraction of sp³-hybridized carbons (Fsp3) is 0.533. The topological polar surface area (TPSA) is 49.7 Å². The van der Waals surface area contributed by atoms with Crippen LogP contribution in [0.25, 0.3) is 0 Å². The van der Waals surface area contributed by atoms with Gasteiger partial charge in [0.1, 0.15) is 0 Å². The van der Waals surface area contributed by atoms with E-state index in [4.69, 9.17) is 4.99 Å². The Hall–Kier alpha value is -1.01. The first kappa shape index (κ1) is 14.9. The minimum absolute atomic E-state index is 0.0563. The zero-order chi connectivity index (χ0) is 15.0. The molecule has 1 fully saturated rings. The van der Waals surface area contributed by atoms with Gasteiger partial charge >= 0.3 is 0 Å². The van der Waals surface area contributed by atoms with Gasteiger partial charge in [-0.15, -0.1) is 0 Å². The molecule has 0 spiro atoms. The van der Waals surface area contributed by atoms with Gasteiger partial charge in [0.05, 0.1) is 17.5 Å². The molecule has 0 N–H and O–H groups in total. The number of sulfone groups is 1. The molecule has 1 aromatic carbocycles. The summed E-state index contributed by atoms with van der Waals surface area (Å²) in [7, 11) is -2.88. The lowest BCUT2D eigenvalue weighted by Gasteiger charge is -2.24. The first-order valence-corrected chi connectivity index (χ1v) is 9.98. The number of aryl methyl sites for hydroxylation is 1. The van der Waals surface area contributed by atoms with Crippen molar-refractivity contribution in [2.75, 3.05) is 23.0 Å². The SMILES string of the molecule is CCCN(C1=N[C@@H]2CS(=O)(=O)C[C@@H]2S1)c1cccc(C)c1. The van der Waals surface area contributed by atoms with Crippen LogP contribution in [0.3, 0.4) is 0 Å². The second-order valence-corrected chi connectivity index (χ2v) is 9.06. The lowest BCUT2D eigenvalue weighted by atomic mass is 10.2. The minimum Gasteiger partial charge on any atom is -0.321 e. The summed E-state index contributed by atoms with van der Waals surface area (Å²) in [6.45, 7) is 5.13. The zero-order valence-corrected chi connectivity index (χ0v) is 14.0. The molecule has 1 aromatic rings. The molecule has 0 bridgehead atoms. The van der Waals surface area contributed by atoms with Crippen LogP contribution >= 0.6 is 11.8 Å². The molecule has 1 saturated heterocycles. The van der Waals surface area contributed by atoms with E-state index in [0.717, 1.165) is 23.8 Å². The maximum Gasteiger partial charge on any atom is 0.164 e. The van der Waals surface area contributed by atoms with Crippen LogP contribution in [0.5, 0.6) is 0 Å².